The van der Waals surface area contributed by atoms with E-state index in [-0.39, 0.29) is 23.4 Å². The summed E-state index contributed by atoms with van der Waals surface area (Å²) >= 11 is 5.64. The number of carbonyl (C=O) groups is 1. The third-order valence-electron chi connectivity index (χ3n) is 2.19. The van der Waals surface area contributed by atoms with E-state index in [0.29, 0.717) is 5.56 Å². The standard InChI is InChI=1S/C10H14ClN3O3S/c1-14(2)18(16,17)6-5-13-10(15)8-3-4-12-9(11)7-8/h3-4,7H,5-6H2,1-2H3,(H,13,15). The molecule has 18 heavy (non-hydrogen) atoms. The molecule has 0 atom stereocenters. The predicted molar refractivity (Wildman–Crippen MR) is 69.1 cm³/mol. The fraction of sp³-hybridized carbons (Fsp3) is 0.400. The van der Waals surface area contributed by atoms with Crippen LogP contribution in [-0.4, -0.2) is 50.0 Å². The fourth-order valence-electron chi connectivity index (χ4n) is 1.12. The van der Waals surface area contributed by atoms with Crippen molar-refractivity contribution < 1.29 is 13.2 Å². The summed E-state index contributed by atoms with van der Waals surface area (Å²) in [6.07, 6.45) is 1.41. The van der Waals surface area contributed by atoms with Gasteiger partial charge in [0.1, 0.15) is 5.15 Å². The molecule has 1 heterocycles. The van der Waals surface area contributed by atoms with Crippen molar-refractivity contribution >= 4 is 27.5 Å². The first-order chi connectivity index (χ1) is 8.33. The summed E-state index contributed by atoms with van der Waals surface area (Å²) in [6, 6.07) is 2.92. The number of pyridine rings is 1. The van der Waals surface area contributed by atoms with Gasteiger partial charge in [0, 0.05) is 32.4 Å². The topological polar surface area (TPSA) is 79.4 Å². The number of rotatable bonds is 5. The number of nitrogens with zero attached hydrogens (tertiary/aromatic N) is 2. The molecule has 0 aliphatic carbocycles. The Bertz CT molecular complexity index is 531. The van der Waals surface area contributed by atoms with Gasteiger partial charge in [0.05, 0.1) is 5.75 Å². The van der Waals surface area contributed by atoms with Crippen molar-refractivity contribution in [3.05, 3.63) is 29.0 Å². The van der Waals surface area contributed by atoms with Gasteiger partial charge in [-0.1, -0.05) is 11.6 Å². The fourth-order valence-corrected chi connectivity index (χ4v) is 2.02. The maximum Gasteiger partial charge on any atom is 0.251 e. The third-order valence-corrected chi connectivity index (χ3v) is 4.23. The largest absolute Gasteiger partial charge is 0.351 e. The van der Waals surface area contributed by atoms with Crippen molar-refractivity contribution in [2.75, 3.05) is 26.4 Å². The Labute approximate surface area is 111 Å². The van der Waals surface area contributed by atoms with E-state index in [1.807, 2.05) is 0 Å². The lowest BCUT2D eigenvalue weighted by molar-refractivity contribution is 0.0956. The Morgan fingerprint density at radius 3 is 2.72 bits per heavy atom. The van der Waals surface area contributed by atoms with Crippen LogP contribution in [-0.2, 0) is 10.0 Å². The minimum atomic E-state index is -3.30. The highest BCUT2D eigenvalue weighted by Gasteiger charge is 2.14. The number of hydrogen-bond donors (Lipinski definition) is 1. The Kier molecular flexibility index (Phi) is 5.06. The van der Waals surface area contributed by atoms with E-state index in [1.54, 1.807) is 0 Å². The van der Waals surface area contributed by atoms with Gasteiger partial charge in [0.25, 0.3) is 5.91 Å². The van der Waals surface area contributed by atoms with Gasteiger partial charge in [-0.25, -0.2) is 17.7 Å². The Morgan fingerprint density at radius 2 is 2.17 bits per heavy atom. The molecule has 0 aliphatic rings. The molecule has 0 aromatic carbocycles. The van der Waals surface area contributed by atoms with Crippen LogP contribution in [0.3, 0.4) is 0 Å². The summed E-state index contributed by atoms with van der Waals surface area (Å²) in [5.74, 6) is -0.530. The summed E-state index contributed by atoms with van der Waals surface area (Å²) in [4.78, 5) is 15.4. The average Bonchev–Trinajstić information content (AvgIpc) is 2.28. The van der Waals surface area contributed by atoms with Gasteiger partial charge in [-0.05, 0) is 12.1 Å². The molecule has 8 heteroatoms. The average molecular weight is 292 g/mol. The third kappa shape index (κ3) is 4.25. The van der Waals surface area contributed by atoms with E-state index in [2.05, 4.69) is 10.3 Å². The summed E-state index contributed by atoms with van der Waals surface area (Å²) in [6.45, 7) is 0.0410. The zero-order valence-electron chi connectivity index (χ0n) is 10.1. The molecule has 0 unspecified atom stereocenters. The van der Waals surface area contributed by atoms with Gasteiger partial charge in [-0.3, -0.25) is 4.79 Å². The molecule has 0 aliphatic heterocycles. The van der Waals surface area contributed by atoms with Crippen LogP contribution in [0.5, 0.6) is 0 Å². The molecule has 0 saturated carbocycles. The van der Waals surface area contributed by atoms with E-state index in [4.69, 9.17) is 11.6 Å². The van der Waals surface area contributed by atoms with Crippen LogP contribution in [0.1, 0.15) is 10.4 Å². The second-order valence-corrected chi connectivity index (χ2v) is 6.41. The van der Waals surface area contributed by atoms with Crippen molar-refractivity contribution in [3.63, 3.8) is 0 Å². The molecule has 0 bridgehead atoms. The highest BCUT2D eigenvalue weighted by atomic mass is 35.5. The number of nitrogens with one attached hydrogen (secondary N) is 1. The molecule has 1 rings (SSSR count). The molecule has 0 radical (unpaired) electrons. The van der Waals surface area contributed by atoms with Gasteiger partial charge < -0.3 is 5.32 Å². The Balaban J connectivity index is 2.53. The van der Waals surface area contributed by atoms with Crippen molar-refractivity contribution in [3.8, 4) is 0 Å². The Hall–Kier alpha value is -1.18. The zero-order valence-corrected chi connectivity index (χ0v) is 11.6. The van der Waals surface area contributed by atoms with Crippen LogP contribution < -0.4 is 5.32 Å². The lowest BCUT2D eigenvalue weighted by Crippen LogP contribution is -2.33. The number of hydrogen-bond acceptors (Lipinski definition) is 4. The lowest BCUT2D eigenvalue weighted by atomic mass is 10.2. The van der Waals surface area contributed by atoms with Gasteiger partial charge in [-0.2, -0.15) is 0 Å². The quantitative estimate of drug-likeness (QED) is 0.794. The maximum absolute atomic E-state index is 11.6. The number of aromatic nitrogens is 1. The van der Waals surface area contributed by atoms with Crippen molar-refractivity contribution in [1.29, 1.82) is 0 Å². The smallest absolute Gasteiger partial charge is 0.251 e. The predicted octanol–water partition coefficient (Wildman–Crippen LogP) is 0.356. The minimum absolute atomic E-state index is 0.0410. The first kappa shape index (κ1) is 14.9. The first-order valence-corrected chi connectivity index (χ1v) is 7.11. The van der Waals surface area contributed by atoms with Crippen LogP contribution in [0.25, 0.3) is 0 Å². The molecule has 0 spiro atoms. The van der Waals surface area contributed by atoms with Crippen molar-refractivity contribution in [2.45, 2.75) is 0 Å². The van der Waals surface area contributed by atoms with E-state index in [0.717, 1.165) is 4.31 Å². The van der Waals surface area contributed by atoms with Crippen LogP contribution in [0.4, 0.5) is 0 Å². The lowest BCUT2D eigenvalue weighted by Gasteiger charge is -2.11. The summed E-state index contributed by atoms with van der Waals surface area (Å²) in [7, 11) is -0.416. The van der Waals surface area contributed by atoms with Gasteiger partial charge in [0.2, 0.25) is 10.0 Å². The van der Waals surface area contributed by atoms with E-state index in [1.165, 1.54) is 32.4 Å². The number of halogens is 1. The molecule has 1 aromatic rings. The van der Waals surface area contributed by atoms with E-state index in [9.17, 15) is 13.2 Å². The maximum atomic E-state index is 11.6. The molecule has 1 amide bonds. The van der Waals surface area contributed by atoms with Crippen LogP contribution in [0, 0.1) is 0 Å². The van der Waals surface area contributed by atoms with Gasteiger partial charge in [0.15, 0.2) is 0 Å². The van der Waals surface area contributed by atoms with E-state index < -0.39 is 10.0 Å². The molecule has 1 N–H and O–H groups in total. The zero-order chi connectivity index (χ0) is 13.8. The summed E-state index contributed by atoms with van der Waals surface area (Å²) < 4.78 is 24.0. The monoisotopic (exact) mass is 291 g/mol. The number of sulfonamides is 1. The minimum Gasteiger partial charge on any atom is -0.351 e. The second kappa shape index (κ2) is 6.12. The SMILES string of the molecule is CN(C)S(=O)(=O)CCNC(=O)c1ccnc(Cl)c1. The molecule has 0 fully saturated rings. The van der Waals surface area contributed by atoms with Gasteiger partial charge in [-0.15, -0.1) is 0 Å². The molecular formula is C10H14ClN3O3S. The molecule has 100 valence electrons. The second-order valence-electron chi connectivity index (χ2n) is 3.72. The van der Waals surface area contributed by atoms with Crippen molar-refractivity contribution in [1.82, 2.24) is 14.6 Å². The highest BCUT2D eigenvalue weighted by molar-refractivity contribution is 7.89. The van der Waals surface area contributed by atoms with Crippen LogP contribution in [0.15, 0.2) is 18.3 Å². The Morgan fingerprint density at radius 1 is 1.50 bits per heavy atom. The normalized spacial score (nSPS) is 11.6. The summed E-state index contributed by atoms with van der Waals surface area (Å²) in [5.41, 5.74) is 0.345. The van der Waals surface area contributed by atoms with Gasteiger partial charge >= 0.3 is 0 Å². The number of carbonyl (C=O) groups excluding carboxylic acids is 1. The molecule has 6 nitrogen and oxygen atoms in total. The summed E-state index contributed by atoms with van der Waals surface area (Å²) in [5, 5.41) is 2.72. The van der Waals surface area contributed by atoms with Crippen LogP contribution >= 0.6 is 11.6 Å². The molecule has 0 saturated heterocycles. The van der Waals surface area contributed by atoms with Crippen molar-refractivity contribution in [2.24, 2.45) is 0 Å². The van der Waals surface area contributed by atoms with E-state index >= 15 is 0 Å². The molecule has 1 aromatic heterocycles. The van der Waals surface area contributed by atoms with Crippen LogP contribution in [0.2, 0.25) is 5.15 Å². The highest BCUT2D eigenvalue weighted by Crippen LogP contribution is 2.06. The first-order valence-electron chi connectivity index (χ1n) is 5.13. The molecular weight excluding hydrogens is 278 g/mol. The number of amides is 1.